The first-order chi connectivity index (χ1) is 8.92. The van der Waals surface area contributed by atoms with Gasteiger partial charge in [0.05, 0.1) is 10.8 Å². The number of rotatable bonds is 5. The van der Waals surface area contributed by atoms with Crippen molar-refractivity contribution in [1.29, 1.82) is 0 Å². The Hall–Kier alpha value is -0.580. The Balaban J connectivity index is 2.10. The van der Waals surface area contributed by atoms with Crippen molar-refractivity contribution in [2.45, 2.75) is 51.5 Å². The predicted octanol–water partition coefficient (Wildman–Crippen LogP) is 4.13. The van der Waals surface area contributed by atoms with Crippen molar-refractivity contribution in [2.75, 3.05) is 0 Å². The normalized spacial score (nSPS) is 19.5. The number of aliphatic carboxylic acids is 1. The maximum Gasteiger partial charge on any atom is 0.303 e. The quantitative estimate of drug-likeness (QED) is 0.859. The third-order valence-electron chi connectivity index (χ3n) is 4.09. The molecule has 5 heteroatoms. The lowest BCUT2D eigenvalue weighted by molar-refractivity contribution is -0.139. The molecule has 2 rings (SSSR count). The van der Waals surface area contributed by atoms with Gasteiger partial charge in [0, 0.05) is 10.9 Å². The molecule has 0 radical (unpaired) electrons. The second-order valence-electron chi connectivity index (χ2n) is 5.69. The van der Waals surface area contributed by atoms with Crippen molar-refractivity contribution in [3.05, 3.63) is 20.8 Å². The molecule has 3 N–H and O–H groups in total. The molecule has 1 unspecified atom stereocenters. The number of halogens is 1. The van der Waals surface area contributed by atoms with E-state index in [1.165, 1.54) is 11.3 Å². The Morgan fingerprint density at radius 3 is 2.68 bits per heavy atom. The number of hydrogen-bond acceptors (Lipinski definition) is 3. The van der Waals surface area contributed by atoms with Crippen LogP contribution in [0.1, 0.15) is 55.0 Å². The highest BCUT2D eigenvalue weighted by molar-refractivity contribution is 7.16. The van der Waals surface area contributed by atoms with Crippen molar-refractivity contribution in [3.63, 3.8) is 0 Å². The summed E-state index contributed by atoms with van der Waals surface area (Å²) in [5.41, 5.74) is 7.21. The molecule has 19 heavy (non-hydrogen) atoms. The highest BCUT2D eigenvalue weighted by Crippen LogP contribution is 2.47. The number of carbonyl (C=O) groups is 1. The number of thiophene rings is 1. The SMILES string of the molecule is Cc1cc(C(N)CC2(CC(=O)O)CCCC2)sc1Cl. The molecule has 106 valence electrons. The lowest BCUT2D eigenvalue weighted by Gasteiger charge is -2.29. The standard InChI is InChI=1S/C14H20ClNO2S/c1-9-6-11(19-13(9)15)10(16)7-14(8-12(17)18)4-2-3-5-14/h6,10H,2-5,7-8,16H2,1H3,(H,17,18). The van der Waals surface area contributed by atoms with E-state index >= 15 is 0 Å². The molecule has 0 aliphatic heterocycles. The zero-order chi connectivity index (χ0) is 14.0. The van der Waals surface area contributed by atoms with Gasteiger partial charge in [-0.3, -0.25) is 4.79 Å². The van der Waals surface area contributed by atoms with Crippen LogP contribution in [0, 0.1) is 12.3 Å². The van der Waals surface area contributed by atoms with Crippen LogP contribution in [0.2, 0.25) is 4.34 Å². The second-order valence-corrected chi connectivity index (χ2v) is 7.38. The van der Waals surface area contributed by atoms with Crippen molar-refractivity contribution < 1.29 is 9.90 Å². The molecule has 0 saturated heterocycles. The lowest BCUT2D eigenvalue weighted by atomic mass is 9.77. The van der Waals surface area contributed by atoms with Gasteiger partial charge in [-0.1, -0.05) is 24.4 Å². The van der Waals surface area contributed by atoms with E-state index in [1.54, 1.807) is 0 Å². The highest BCUT2D eigenvalue weighted by Gasteiger charge is 2.37. The summed E-state index contributed by atoms with van der Waals surface area (Å²) in [6, 6.07) is 1.93. The van der Waals surface area contributed by atoms with Gasteiger partial charge in [0.2, 0.25) is 0 Å². The maximum atomic E-state index is 11.1. The van der Waals surface area contributed by atoms with E-state index in [9.17, 15) is 4.79 Å². The molecule has 3 nitrogen and oxygen atoms in total. The molecule has 0 bridgehead atoms. The fraction of sp³-hybridized carbons (Fsp3) is 0.643. The summed E-state index contributed by atoms with van der Waals surface area (Å²) in [7, 11) is 0. The van der Waals surface area contributed by atoms with Gasteiger partial charge in [-0.15, -0.1) is 11.3 Å². The molecule has 1 aliphatic rings. The van der Waals surface area contributed by atoms with Crippen molar-refractivity contribution >= 4 is 28.9 Å². The predicted molar refractivity (Wildman–Crippen MR) is 78.8 cm³/mol. The number of carboxylic acid groups (broad SMARTS) is 1. The average molecular weight is 302 g/mol. The Morgan fingerprint density at radius 1 is 1.58 bits per heavy atom. The zero-order valence-electron chi connectivity index (χ0n) is 11.1. The van der Waals surface area contributed by atoms with Crippen LogP contribution in [-0.4, -0.2) is 11.1 Å². The third kappa shape index (κ3) is 3.50. The van der Waals surface area contributed by atoms with Crippen LogP contribution >= 0.6 is 22.9 Å². The summed E-state index contributed by atoms with van der Waals surface area (Å²) < 4.78 is 0.782. The van der Waals surface area contributed by atoms with Crippen LogP contribution in [0.15, 0.2) is 6.07 Å². The molecule has 1 fully saturated rings. The van der Waals surface area contributed by atoms with E-state index in [1.807, 2.05) is 13.0 Å². The summed E-state index contributed by atoms with van der Waals surface area (Å²) in [6.45, 7) is 1.97. The minimum atomic E-state index is -0.713. The molecule has 1 heterocycles. The molecular weight excluding hydrogens is 282 g/mol. The Kier molecular flexibility index (Phi) is 4.54. The largest absolute Gasteiger partial charge is 0.481 e. The monoisotopic (exact) mass is 301 g/mol. The third-order valence-corrected chi connectivity index (χ3v) is 5.77. The molecular formula is C14H20ClNO2S. The van der Waals surface area contributed by atoms with Crippen molar-refractivity contribution in [3.8, 4) is 0 Å². The Morgan fingerprint density at radius 2 is 2.21 bits per heavy atom. The topological polar surface area (TPSA) is 63.3 Å². The Bertz CT molecular complexity index is 447. The summed E-state index contributed by atoms with van der Waals surface area (Å²) in [6.07, 6.45) is 5.17. The van der Waals surface area contributed by atoms with Crippen LogP contribution in [0.3, 0.4) is 0 Å². The smallest absolute Gasteiger partial charge is 0.303 e. The lowest BCUT2D eigenvalue weighted by Crippen LogP contribution is -2.26. The van der Waals surface area contributed by atoms with E-state index in [-0.39, 0.29) is 17.9 Å². The van der Waals surface area contributed by atoms with Gasteiger partial charge in [0.1, 0.15) is 0 Å². The maximum absolute atomic E-state index is 11.1. The van der Waals surface area contributed by atoms with Gasteiger partial charge >= 0.3 is 5.97 Å². The van der Waals surface area contributed by atoms with E-state index in [2.05, 4.69) is 0 Å². The van der Waals surface area contributed by atoms with Crippen LogP contribution < -0.4 is 5.73 Å². The number of hydrogen-bond donors (Lipinski definition) is 2. The molecule has 1 saturated carbocycles. The fourth-order valence-electron chi connectivity index (χ4n) is 3.13. The van der Waals surface area contributed by atoms with E-state index in [0.717, 1.165) is 46.9 Å². The van der Waals surface area contributed by atoms with E-state index in [0.29, 0.717) is 0 Å². The van der Waals surface area contributed by atoms with Crippen LogP contribution in [-0.2, 0) is 4.79 Å². The summed E-state index contributed by atoms with van der Waals surface area (Å²) in [4.78, 5) is 12.1. The van der Waals surface area contributed by atoms with Gasteiger partial charge in [0.15, 0.2) is 0 Å². The van der Waals surface area contributed by atoms with Gasteiger partial charge in [-0.2, -0.15) is 0 Å². The molecule has 0 spiro atoms. The average Bonchev–Trinajstić information content (AvgIpc) is 2.87. The molecule has 0 aromatic carbocycles. The van der Waals surface area contributed by atoms with E-state index in [4.69, 9.17) is 22.4 Å². The van der Waals surface area contributed by atoms with Gasteiger partial charge in [0.25, 0.3) is 0 Å². The van der Waals surface area contributed by atoms with Crippen LogP contribution in [0.4, 0.5) is 0 Å². The minimum Gasteiger partial charge on any atom is -0.481 e. The van der Waals surface area contributed by atoms with Crippen LogP contribution in [0.5, 0.6) is 0 Å². The molecule has 1 aliphatic carbocycles. The van der Waals surface area contributed by atoms with Gasteiger partial charge in [-0.25, -0.2) is 0 Å². The van der Waals surface area contributed by atoms with Gasteiger partial charge in [-0.05, 0) is 43.2 Å². The Labute approximate surface area is 122 Å². The molecule has 0 amide bonds. The van der Waals surface area contributed by atoms with Crippen molar-refractivity contribution in [2.24, 2.45) is 11.1 Å². The molecule has 1 aromatic rings. The molecule has 1 aromatic heterocycles. The summed E-state index contributed by atoms with van der Waals surface area (Å²) in [5.74, 6) is -0.713. The summed E-state index contributed by atoms with van der Waals surface area (Å²) >= 11 is 7.59. The first kappa shape index (κ1) is 14.8. The number of aryl methyl sites for hydroxylation is 1. The van der Waals surface area contributed by atoms with E-state index < -0.39 is 5.97 Å². The number of nitrogens with two attached hydrogens (primary N) is 1. The first-order valence-corrected chi connectivity index (χ1v) is 7.84. The highest BCUT2D eigenvalue weighted by atomic mass is 35.5. The first-order valence-electron chi connectivity index (χ1n) is 6.65. The fourth-order valence-corrected chi connectivity index (χ4v) is 4.35. The van der Waals surface area contributed by atoms with Crippen LogP contribution in [0.25, 0.3) is 0 Å². The van der Waals surface area contributed by atoms with Crippen molar-refractivity contribution in [1.82, 2.24) is 0 Å². The van der Waals surface area contributed by atoms with Gasteiger partial charge < -0.3 is 10.8 Å². The number of carboxylic acids is 1. The zero-order valence-corrected chi connectivity index (χ0v) is 12.7. The minimum absolute atomic E-state index is 0.103. The second kappa shape index (κ2) is 5.81. The molecule has 1 atom stereocenters. The summed E-state index contributed by atoms with van der Waals surface area (Å²) in [5, 5.41) is 9.11.